The molecule has 27 heavy (non-hydrogen) atoms. The molecule has 138 valence electrons. The van der Waals surface area contributed by atoms with Gasteiger partial charge in [-0.3, -0.25) is 4.79 Å². The van der Waals surface area contributed by atoms with E-state index in [0.29, 0.717) is 18.2 Å². The highest BCUT2D eigenvalue weighted by atomic mass is 32.2. The molecular formula is C18H9F5N2OS. The van der Waals surface area contributed by atoms with Crippen LogP contribution in [0.1, 0.15) is 10.4 Å². The van der Waals surface area contributed by atoms with E-state index in [9.17, 15) is 26.7 Å². The van der Waals surface area contributed by atoms with E-state index < -0.39 is 45.9 Å². The first kappa shape index (κ1) is 19.0. The van der Waals surface area contributed by atoms with E-state index in [4.69, 9.17) is 0 Å². The Balaban J connectivity index is 2.39. The fourth-order valence-corrected chi connectivity index (χ4v) is 2.86. The Morgan fingerprint density at radius 3 is 2.00 bits per heavy atom. The van der Waals surface area contributed by atoms with Crippen LogP contribution in [0.15, 0.2) is 35.5 Å². The molecule has 2 aromatic carbocycles. The van der Waals surface area contributed by atoms with Crippen LogP contribution >= 0.6 is 11.8 Å². The summed E-state index contributed by atoms with van der Waals surface area (Å²) in [4.78, 5) is 19.6. The second-order valence-electron chi connectivity index (χ2n) is 5.31. The van der Waals surface area contributed by atoms with Gasteiger partial charge in [0.25, 0.3) is 0 Å². The third-order valence-electron chi connectivity index (χ3n) is 3.66. The lowest BCUT2D eigenvalue weighted by Gasteiger charge is -2.13. The summed E-state index contributed by atoms with van der Waals surface area (Å²) >= 11 is 0.976. The molecule has 3 nitrogen and oxygen atoms in total. The van der Waals surface area contributed by atoms with Gasteiger partial charge < -0.3 is 0 Å². The number of aromatic nitrogens is 2. The van der Waals surface area contributed by atoms with E-state index in [1.807, 2.05) is 0 Å². The predicted octanol–water partition coefficient (Wildman–Crippen LogP) is 5.04. The summed E-state index contributed by atoms with van der Waals surface area (Å²) in [6.45, 7) is 0. The minimum Gasteiger partial charge on any atom is -0.298 e. The summed E-state index contributed by atoms with van der Waals surface area (Å²) in [5.74, 6) is -5.59. The molecule has 0 aliphatic rings. The maximum atomic E-state index is 14.2. The van der Waals surface area contributed by atoms with Gasteiger partial charge >= 0.3 is 0 Å². The minimum absolute atomic E-state index is 0.0162. The minimum atomic E-state index is -1.29. The highest BCUT2D eigenvalue weighted by Crippen LogP contribution is 2.34. The van der Waals surface area contributed by atoms with Crippen molar-refractivity contribution < 1.29 is 26.7 Å². The lowest BCUT2D eigenvalue weighted by Crippen LogP contribution is -2.05. The maximum Gasteiger partial charge on any atom is 0.188 e. The fraction of sp³-hybridized carbons (Fsp3) is 0.0556. The van der Waals surface area contributed by atoms with Crippen molar-refractivity contribution >= 4 is 18.0 Å². The van der Waals surface area contributed by atoms with Gasteiger partial charge in [-0.25, -0.2) is 31.9 Å². The van der Waals surface area contributed by atoms with Crippen LogP contribution < -0.4 is 0 Å². The number of halogens is 5. The average molecular weight is 396 g/mol. The number of hydrogen-bond acceptors (Lipinski definition) is 4. The van der Waals surface area contributed by atoms with Crippen molar-refractivity contribution in [2.75, 3.05) is 6.26 Å². The third-order valence-corrected chi connectivity index (χ3v) is 4.20. The van der Waals surface area contributed by atoms with Gasteiger partial charge in [-0.05, 0) is 18.4 Å². The van der Waals surface area contributed by atoms with E-state index in [1.54, 1.807) is 6.26 Å². The van der Waals surface area contributed by atoms with Crippen molar-refractivity contribution in [1.82, 2.24) is 9.97 Å². The average Bonchev–Trinajstić information content (AvgIpc) is 2.60. The SMILES string of the molecule is CSc1nc(-c2ccc(F)cc2F)c(C=O)c(-c2c(F)cc(F)cc2F)n1. The van der Waals surface area contributed by atoms with Gasteiger partial charge in [0.05, 0.1) is 22.5 Å². The highest BCUT2D eigenvalue weighted by Gasteiger charge is 2.24. The molecule has 0 saturated carbocycles. The smallest absolute Gasteiger partial charge is 0.188 e. The zero-order valence-corrected chi connectivity index (χ0v) is 14.4. The number of nitrogens with zero attached hydrogens (tertiary/aromatic N) is 2. The van der Waals surface area contributed by atoms with Crippen LogP contribution in [-0.4, -0.2) is 22.5 Å². The van der Waals surface area contributed by atoms with Gasteiger partial charge in [0.15, 0.2) is 11.4 Å². The van der Waals surface area contributed by atoms with Gasteiger partial charge in [0.2, 0.25) is 0 Å². The molecular weight excluding hydrogens is 387 g/mol. The van der Waals surface area contributed by atoms with Crippen molar-refractivity contribution in [1.29, 1.82) is 0 Å². The van der Waals surface area contributed by atoms with Gasteiger partial charge in [0.1, 0.15) is 29.1 Å². The van der Waals surface area contributed by atoms with Crippen LogP contribution in [0.2, 0.25) is 0 Å². The number of carbonyl (C=O) groups excluding carboxylic acids is 1. The first-order chi connectivity index (χ1) is 12.8. The standard InChI is InChI=1S/C18H9F5N2OS/c1-27-18-24-16(10-3-2-8(19)4-12(10)21)11(7-26)17(25-18)15-13(22)5-9(20)6-14(15)23/h2-7H,1H3. The van der Waals surface area contributed by atoms with Crippen molar-refractivity contribution in [2.45, 2.75) is 5.16 Å². The van der Waals surface area contributed by atoms with E-state index in [2.05, 4.69) is 9.97 Å². The van der Waals surface area contributed by atoms with Crippen LogP contribution in [0.3, 0.4) is 0 Å². The van der Waals surface area contributed by atoms with Crippen LogP contribution in [0.5, 0.6) is 0 Å². The molecule has 0 N–H and O–H groups in total. The molecule has 0 saturated heterocycles. The van der Waals surface area contributed by atoms with E-state index in [1.165, 1.54) is 0 Å². The van der Waals surface area contributed by atoms with Gasteiger partial charge in [-0.1, -0.05) is 11.8 Å². The van der Waals surface area contributed by atoms with E-state index >= 15 is 0 Å². The molecule has 0 aliphatic carbocycles. The second kappa shape index (κ2) is 7.43. The van der Waals surface area contributed by atoms with Crippen LogP contribution in [0, 0.1) is 29.1 Å². The summed E-state index contributed by atoms with van der Waals surface area (Å²) in [7, 11) is 0. The lowest BCUT2D eigenvalue weighted by molar-refractivity contribution is 0.112. The molecule has 9 heteroatoms. The van der Waals surface area contributed by atoms with Crippen molar-refractivity contribution in [3.05, 3.63) is 65.0 Å². The number of benzene rings is 2. The first-order valence-electron chi connectivity index (χ1n) is 7.37. The van der Waals surface area contributed by atoms with Crippen molar-refractivity contribution in [2.24, 2.45) is 0 Å². The zero-order chi connectivity index (χ0) is 19.7. The molecule has 0 atom stereocenters. The molecule has 0 radical (unpaired) electrons. The largest absolute Gasteiger partial charge is 0.298 e. The van der Waals surface area contributed by atoms with Gasteiger partial charge in [0, 0.05) is 23.8 Å². The summed E-state index contributed by atoms with van der Waals surface area (Å²) in [6, 6.07) is 3.46. The topological polar surface area (TPSA) is 42.9 Å². The second-order valence-corrected chi connectivity index (χ2v) is 6.08. The summed E-state index contributed by atoms with van der Waals surface area (Å²) < 4.78 is 69.1. The maximum absolute atomic E-state index is 14.2. The monoisotopic (exact) mass is 396 g/mol. The number of hydrogen-bond donors (Lipinski definition) is 0. The molecule has 0 spiro atoms. The lowest BCUT2D eigenvalue weighted by atomic mass is 10.00. The van der Waals surface area contributed by atoms with Crippen LogP contribution in [0.4, 0.5) is 22.0 Å². The normalized spacial score (nSPS) is 10.9. The van der Waals surface area contributed by atoms with E-state index in [0.717, 1.165) is 23.9 Å². The molecule has 1 heterocycles. The quantitative estimate of drug-likeness (QED) is 0.268. The van der Waals surface area contributed by atoms with E-state index in [-0.39, 0.29) is 22.7 Å². The Kier molecular flexibility index (Phi) is 5.22. The van der Waals surface area contributed by atoms with Crippen molar-refractivity contribution in [3.8, 4) is 22.5 Å². The molecule has 0 unspecified atom stereocenters. The molecule has 0 aliphatic heterocycles. The van der Waals surface area contributed by atoms with Crippen molar-refractivity contribution in [3.63, 3.8) is 0 Å². The van der Waals surface area contributed by atoms with Gasteiger partial charge in [-0.15, -0.1) is 0 Å². The van der Waals surface area contributed by atoms with Gasteiger partial charge in [-0.2, -0.15) is 0 Å². The zero-order valence-electron chi connectivity index (χ0n) is 13.6. The Bertz CT molecular complexity index is 1040. The van der Waals surface area contributed by atoms with Crippen LogP contribution in [-0.2, 0) is 0 Å². The molecule has 1 aromatic heterocycles. The molecule has 3 rings (SSSR count). The number of carbonyl (C=O) groups is 1. The predicted molar refractivity (Wildman–Crippen MR) is 89.9 cm³/mol. The van der Waals surface area contributed by atoms with Crippen LogP contribution in [0.25, 0.3) is 22.5 Å². The Labute approximate surface area is 154 Å². The number of thioether (sulfide) groups is 1. The molecule has 3 aromatic rings. The molecule has 0 fully saturated rings. The summed E-state index contributed by atoms with van der Waals surface area (Å²) in [6.07, 6.45) is 1.77. The Hall–Kier alpha value is -2.81. The Morgan fingerprint density at radius 2 is 1.44 bits per heavy atom. The summed E-state index contributed by atoms with van der Waals surface area (Å²) in [5.41, 5.74) is -2.14. The summed E-state index contributed by atoms with van der Waals surface area (Å²) in [5, 5.41) is -0.0162. The number of aldehydes is 1. The first-order valence-corrected chi connectivity index (χ1v) is 8.59. The fourth-order valence-electron chi connectivity index (χ4n) is 2.50. The number of rotatable bonds is 4. The molecule has 0 amide bonds. The highest BCUT2D eigenvalue weighted by molar-refractivity contribution is 7.98. The molecule has 0 bridgehead atoms. The third kappa shape index (κ3) is 3.55. The Morgan fingerprint density at radius 1 is 0.852 bits per heavy atom.